The molecule has 1 saturated carbocycles. The Morgan fingerprint density at radius 2 is 2.10 bits per heavy atom. The fraction of sp³-hybridized carbons (Fsp3) is 0.647. The summed E-state index contributed by atoms with van der Waals surface area (Å²) in [6.45, 7) is 8.43. The lowest BCUT2D eigenvalue weighted by Gasteiger charge is -2.32. The van der Waals surface area contributed by atoms with Gasteiger partial charge in [-0.3, -0.25) is 0 Å². The van der Waals surface area contributed by atoms with Crippen molar-refractivity contribution in [1.29, 1.82) is 0 Å². The third-order valence-electron chi connectivity index (χ3n) is 3.89. The van der Waals surface area contributed by atoms with E-state index < -0.39 is 0 Å². The van der Waals surface area contributed by atoms with Crippen molar-refractivity contribution >= 4 is 0 Å². The first-order valence-electron chi connectivity index (χ1n) is 7.54. The second kappa shape index (κ2) is 6.15. The van der Waals surface area contributed by atoms with Gasteiger partial charge in [0.25, 0.3) is 0 Å². The quantitative estimate of drug-likeness (QED) is 0.805. The Labute approximate surface area is 122 Å². The minimum absolute atomic E-state index is 0.0684. The molecule has 0 amide bonds. The summed E-state index contributed by atoms with van der Waals surface area (Å²) in [6, 6.07) is 6.85. The minimum Gasteiger partial charge on any atom is -0.490 e. The van der Waals surface area contributed by atoms with Crippen molar-refractivity contribution in [2.75, 3.05) is 6.61 Å². The lowest BCUT2D eigenvalue weighted by Crippen LogP contribution is -2.49. The summed E-state index contributed by atoms with van der Waals surface area (Å²) >= 11 is 0. The third-order valence-corrected chi connectivity index (χ3v) is 3.89. The molecule has 1 aromatic rings. The van der Waals surface area contributed by atoms with Gasteiger partial charge >= 0.3 is 0 Å². The van der Waals surface area contributed by atoms with Crippen molar-refractivity contribution in [3.8, 4) is 5.75 Å². The molecule has 0 spiro atoms. The summed E-state index contributed by atoms with van der Waals surface area (Å²) < 4.78 is 6.07. The second-order valence-electron chi connectivity index (χ2n) is 6.54. The summed E-state index contributed by atoms with van der Waals surface area (Å²) in [7, 11) is 0. The Bertz CT molecular complexity index is 456. The highest BCUT2D eigenvalue weighted by Crippen LogP contribution is 2.27. The first kappa shape index (κ1) is 15.3. The van der Waals surface area contributed by atoms with Gasteiger partial charge in [-0.05, 0) is 57.7 Å². The topological polar surface area (TPSA) is 41.5 Å². The van der Waals surface area contributed by atoms with Gasteiger partial charge in [-0.2, -0.15) is 0 Å². The first-order chi connectivity index (χ1) is 9.42. The predicted octanol–water partition coefficient (Wildman–Crippen LogP) is 2.96. The van der Waals surface area contributed by atoms with Crippen LogP contribution in [0.3, 0.4) is 0 Å². The third kappa shape index (κ3) is 4.22. The molecule has 3 nitrogen and oxygen atoms in total. The molecule has 0 radical (unpaired) electrons. The Balaban J connectivity index is 1.96. The van der Waals surface area contributed by atoms with Gasteiger partial charge in [0.15, 0.2) is 0 Å². The molecule has 1 aromatic carbocycles. The van der Waals surface area contributed by atoms with E-state index in [-0.39, 0.29) is 18.2 Å². The monoisotopic (exact) mass is 277 g/mol. The molecule has 0 bridgehead atoms. The average Bonchev–Trinajstić information content (AvgIpc) is 3.17. The largest absolute Gasteiger partial charge is 0.490 e. The van der Waals surface area contributed by atoms with Crippen LogP contribution in [0, 0.1) is 13.8 Å². The number of hydrogen-bond donors (Lipinski definition) is 2. The summed E-state index contributed by atoms with van der Waals surface area (Å²) in [5, 5.41) is 13.2. The predicted molar refractivity (Wildman–Crippen MR) is 82.3 cm³/mol. The molecule has 1 aliphatic rings. The van der Waals surface area contributed by atoms with Gasteiger partial charge in [0.1, 0.15) is 5.75 Å². The molecule has 1 fully saturated rings. The highest BCUT2D eigenvalue weighted by atomic mass is 16.5. The maximum Gasteiger partial charge on any atom is 0.122 e. The molecular weight excluding hydrogens is 250 g/mol. The fourth-order valence-corrected chi connectivity index (χ4v) is 2.62. The van der Waals surface area contributed by atoms with Gasteiger partial charge in [-0.25, -0.2) is 0 Å². The molecule has 112 valence electrons. The number of ether oxygens (including phenoxy) is 1. The molecule has 2 atom stereocenters. The van der Waals surface area contributed by atoms with Gasteiger partial charge in [-0.1, -0.05) is 12.1 Å². The van der Waals surface area contributed by atoms with Crippen LogP contribution in [0.1, 0.15) is 44.2 Å². The average molecular weight is 277 g/mol. The summed E-state index contributed by atoms with van der Waals surface area (Å²) in [5.74, 6) is 0.948. The van der Waals surface area contributed by atoms with E-state index in [1.165, 1.54) is 18.4 Å². The van der Waals surface area contributed by atoms with E-state index in [4.69, 9.17) is 4.74 Å². The number of aryl methyl sites for hydroxylation is 2. The molecule has 3 heteroatoms. The van der Waals surface area contributed by atoms with E-state index >= 15 is 0 Å². The van der Waals surface area contributed by atoms with E-state index in [2.05, 4.69) is 51.2 Å². The minimum atomic E-state index is -0.252. The maximum absolute atomic E-state index is 9.66. The van der Waals surface area contributed by atoms with E-state index in [1.54, 1.807) is 0 Å². The molecule has 20 heavy (non-hydrogen) atoms. The van der Waals surface area contributed by atoms with Crippen molar-refractivity contribution in [3.63, 3.8) is 0 Å². The van der Waals surface area contributed by atoms with E-state index in [1.807, 2.05) is 0 Å². The van der Waals surface area contributed by atoms with E-state index in [0.29, 0.717) is 6.04 Å². The zero-order chi connectivity index (χ0) is 14.8. The molecule has 0 heterocycles. The molecule has 0 aromatic heterocycles. The molecule has 2 rings (SSSR count). The van der Waals surface area contributed by atoms with Gasteiger partial charge in [0.2, 0.25) is 0 Å². The number of aliphatic hydroxyl groups is 1. The zero-order valence-electron chi connectivity index (χ0n) is 13.1. The van der Waals surface area contributed by atoms with Crippen molar-refractivity contribution in [2.24, 2.45) is 0 Å². The first-order valence-corrected chi connectivity index (χ1v) is 7.54. The maximum atomic E-state index is 9.66. The Morgan fingerprint density at radius 3 is 2.70 bits per heavy atom. The van der Waals surface area contributed by atoms with Crippen molar-refractivity contribution in [2.45, 2.75) is 64.6 Å². The number of nitrogens with one attached hydrogen (secondary N) is 1. The molecular formula is C17H27NO2. The van der Waals surface area contributed by atoms with Crippen molar-refractivity contribution in [1.82, 2.24) is 5.32 Å². The lowest BCUT2D eigenvalue weighted by atomic mass is 9.95. The Morgan fingerprint density at radius 1 is 1.40 bits per heavy atom. The summed E-state index contributed by atoms with van der Waals surface area (Å²) in [6.07, 6.45) is 3.32. The van der Waals surface area contributed by atoms with Crippen LogP contribution in [-0.4, -0.2) is 29.4 Å². The summed E-state index contributed by atoms with van der Waals surface area (Å²) in [4.78, 5) is 0. The summed E-state index contributed by atoms with van der Waals surface area (Å²) in [5.41, 5.74) is 2.11. The van der Waals surface area contributed by atoms with Crippen LogP contribution in [0.5, 0.6) is 5.75 Å². The van der Waals surface area contributed by atoms with E-state index in [9.17, 15) is 5.11 Å². The molecule has 1 aliphatic carbocycles. The van der Waals surface area contributed by atoms with Crippen LogP contribution in [0.15, 0.2) is 18.2 Å². The van der Waals surface area contributed by atoms with Crippen LogP contribution in [0.2, 0.25) is 0 Å². The molecule has 0 saturated heterocycles. The van der Waals surface area contributed by atoms with Crippen LogP contribution >= 0.6 is 0 Å². The highest BCUT2D eigenvalue weighted by Gasteiger charge is 2.33. The molecule has 2 N–H and O–H groups in total. The van der Waals surface area contributed by atoms with Crippen molar-refractivity contribution in [3.05, 3.63) is 29.3 Å². The molecule has 0 aliphatic heterocycles. The van der Waals surface area contributed by atoms with E-state index in [0.717, 1.165) is 17.7 Å². The zero-order valence-corrected chi connectivity index (χ0v) is 13.1. The highest BCUT2D eigenvalue weighted by molar-refractivity contribution is 5.36. The number of aliphatic hydroxyl groups excluding tert-OH is 1. The van der Waals surface area contributed by atoms with Gasteiger partial charge in [0, 0.05) is 18.0 Å². The van der Waals surface area contributed by atoms with Crippen molar-refractivity contribution < 1.29 is 9.84 Å². The molecule has 2 unspecified atom stereocenters. The number of rotatable bonds is 7. The van der Waals surface area contributed by atoms with Crippen LogP contribution in [0.25, 0.3) is 0 Å². The Hall–Kier alpha value is -1.06. The van der Waals surface area contributed by atoms with Crippen LogP contribution in [0.4, 0.5) is 0 Å². The lowest BCUT2D eigenvalue weighted by molar-refractivity contribution is 0.108. The Kier molecular flexibility index (Phi) is 4.71. The van der Waals surface area contributed by atoms with Crippen LogP contribution < -0.4 is 10.1 Å². The standard InChI is InChI=1S/C17H27NO2/c1-12-5-6-13(2)16(9-12)20-14(3)10-17(4,11-19)18-15-7-8-15/h5-6,9,14-15,18-19H,7-8,10-11H2,1-4H3. The number of benzene rings is 1. The fourth-order valence-electron chi connectivity index (χ4n) is 2.62. The van der Waals surface area contributed by atoms with Crippen LogP contribution in [-0.2, 0) is 0 Å². The van der Waals surface area contributed by atoms with Gasteiger partial charge < -0.3 is 15.2 Å². The van der Waals surface area contributed by atoms with Gasteiger partial charge in [0.05, 0.1) is 12.7 Å². The smallest absolute Gasteiger partial charge is 0.122 e. The number of hydrogen-bond acceptors (Lipinski definition) is 3. The normalized spacial score (nSPS) is 19.4. The second-order valence-corrected chi connectivity index (χ2v) is 6.54. The SMILES string of the molecule is Cc1ccc(C)c(OC(C)CC(C)(CO)NC2CC2)c1. The van der Waals surface area contributed by atoms with Gasteiger partial charge in [-0.15, -0.1) is 0 Å².